The Morgan fingerprint density at radius 1 is 0.390 bits per heavy atom. The molecule has 0 spiro atoms. The van der Waals surface area contributed by atoms with Gasteiger partial charge in [0, 0.05) is 78.9 Å². The predicted octanol–water partition coefficient (Wildman–Crippen LogP) is 20.1. The molecule has 77 heavy (non-hydrogen) atoms. The molecule has 2 aliphatic rings. The van der Waals surface area contributed by atoms with Gasteiger partial charge in [0.05, 0.1) is 16.6 Å². The first-order chi connectivity index (χ1) is 38.1. The molecule has 0 saturated carbocycles. The zero-order valence-electron chi connectivity index (χ0n) is 43.0. The van der Waals surface area contributed by atoms with Crippen LogP contribution in [0.4, 0.5) is 28.4 Å². The molecule has 2 aliphatic carbocycles. The van der Waals surface area contributed by atoms with Crippen LogP contribution in [0, 0.1) is 0 Å². The first-order valence-electron chi connectivity index (χ1n) is 27.0. The summed E-state index contributed by atoms with van der Waals surface area (Å²) in [4.78, 5) is 4.91. The van der Waals surface area contributed by atoms with E-state index in [-0.39, 0.29) is 0 Å². The van der Waals surface area contributed by atoms with Crippen LogP contribution in [-0.4, -0.2) is 9.13 Å². The fraction of sp³-hybridized carbons (Fsp3) is 0.0685. The third-order valence-corrected chi connectivity index (χ3v) is 15.7. The highest BCUT2D eigenvalue weighted by Gasteiger charge is 2.30. The van der Waals surface area contributed by atoms with Crippen molar-refractivity contribution in [1.82, 2.24) is 9.13 Å². The highest BCUT2D eigenvalue weighted by atomic mass is 15.2. The second-order valence-electron chi connectivity index (χ2n) is 20.5. The van der Waals surface area contributed by atoms with Crippen molar-refractivity contribution in [3.8, 4) is 39.1 Å². The highest BCUT2D eigenvalue weighted by molar-refractivity contribution is 6.11. The van der Waals surface area contributed by atoms with Crippen LogP contribution in [0.2, 0.25) is 0 Å². The fourth-order valence-corrected chi connectivity index (χ4v) is 12.2. The maximum Gasteiger partial charge on any atom is 0.0542 e. The smallest absolute Gasteiger partial charge is 0.0542 e. The average Bonchev–Trinajstić information content (AvgIpc) is 4.18. The Kier molecular flexibility index (Phi) is 11.7. The van der Waals surface area contributed by atoms with Gasteiger partial charge in [-0.1, -0.05) is 183 Å². The maximum atomic E-state index is 2.57. The van der Waals surface area contributed by atoms with Crippen molar-refractivity contribution in [2.24, 2.45) is 0 Å². The number of hydrogen-bond donors (Lipinski definition) is 0. The average molecular weight is 989 g/mol. The highest BCUT2D eigenvalue weighted by Crippen LogP contribution is 2.47. The van der Waals surface area contributed by atoms with E-state index in [0.29, 0.717) is 5.92 Å². The third kappa shape index (κ3) is 8.36. The quantitative estimate of drug-likeness (QED) is 0.128. The molecule has 0 amide bonds. The molecule has 1 unspecified atom stereocenters. The molecule has 1 atom stereocenters. The number of allylic oxidation sites excluding steroid dienone is 5. The molecule has 4 heteroatoms. The van der Waals surface area contributed by atoms with E-state index in [1.165, 1.54) is 77.6 Å². The van der Waals surface area contributed by atoms with Gasteiger partial charge >= 0.3 is 0 Å². The van der Waals surface area contributed by atoms with Gasteiger partial charge in [0.2, 0.25) is 0 Å². The Labute approximate surface area is 450 Å². The summed E-state index contributed by atoms with van der Waals surface area (Å²) in [5, 5.41) is 3.74. The van der Waals surface area contributed by atoms with Gasteiger partial charge in [0.1, 0.15) is 0 Å². The van der Waals surface area contributed by atoms with E-state index in [0.717, 1.165) is 64.5 Å². The lowest BCUT2D eigenvalue weighted by Gasteiger charge is -2.33. The van der Waals surface area contributed by atoms with Gasteiger partial charge in [-0.25, -0.2) is 0 Å². The van der Waals surface area contributed by atoms with Gasteiger partial charge < -0.3 is 18.9 Å². The third-order valence-electron chi connectivity index (χ3n) is 15.7. The second-order valence-corrected chi connectivity index (χ2v) is 20.5. The first kappa shape index (κ1) is 45.9. The molecule has 0 N–H and O–H groups in total. The van der Waals surface area contributed by atoms with Gasteiger partial charge in [-0.3, -0.25) is 0 Å². The number of hydrogen-bond acceptors (Lipinski definition) is 2. The van der Waals surface area contributed by atoms with E-state index < -0.39 is 0 Å². The molecular formula is C73H56N4. The van der Waals surface area contributed by atoms with Gasteiger partial charge in [-0.2, -0.15) is 0 Å². The van der Waals surface area contributed by atoms with Crippen LogP contribution in [0.5, 0.6) is 0 Å². The van der Waals surface area contributed by atoms with Gasteiger partial charge in [0.15, 0.2) is 0 Å². The summed E-state index contributed by atoms with van der Waals surface area (Å²) in [5.41, 5.74) is 22.8. The number of para-hydroxylation sites is 3. The van der Waals surface area contributed by atoms with Crippen molar-refractivity contribution in [3.63, 3.8) is 0 Å². The molecule has 2 aromatic heterocycles. The van der Waals surface area contributed by atoms with Crippen molar-refractivity contribution >= 4 is 72.9 Å². The minimum absolute atomic E-state index is 0.291. The summed E-state index contributed by atoms with van der Waals surface area (Å²) >= 11 is 0. The van der Waals surface area contributed by atoms with E-state index in [9.17, 15) is 0 Å². The van der Waals surface area contributed by atoms with Crippen LogP contribution in [-0.2, 0) is 0 Å². The number of fused-ring (bicyclic) bond motifs is 6. The lowest BCUT2D eigenvalue weighted by Crippen LogP contribution is -2.21. The van der Waals surface area contributed by atoms with E-state index >= 15 is 0 Å². The number of anilines is 5. The molecule has 12 aromatic rings. The number of aromatic nitrogens is 2. The van der Waals surface area contributed by atoms with Crippen LogP contribution in [0.1, 0.15) is 43.4 Å². The molecule has 368 valence electrons. The minimum Gasteiger partial charge on any atom is -0.316 e. The standard InChI is InChI=1S/C73H56N4/c1-51-46-65(50-69-67-33-15-17-35-71(67)77(73(51)69)59-28-12-5-13-29-59)75(63-31-19-25-57(48-63)53-22-8-3-9-23-53)61-42-38-55(39-43-61)54-36-40-60(41-37-54)74(62-30-18-24-56(47-62)52-20-6-2-7-21-52)64-44-45-72-68(49-64)66-32-14-16-34-70(66)76(72)58-26-10-4-11-27-58/h2-12,14-28,30-45,47-51H,13,29,46H2,1H3. The molecule has 0 fully saturated rings. The monoisotopic (exact) mass is 988 g/mol. The van der Waals surface area contributed by atoms with Crippen LogP contribution < -0.4 is 9.80 Å². The van der Waals surface area contributed by atoms with Gasteiger partial charge in [-0.05, 0) is 156 Å². The van der Waals surface area contributed by atoms with Crippen LogP contribution >= 0.6 is 0 Å². The Balaban J connectivity index is 0.855. The summed E-state index contributed by atoms with van der Waals surface area (Å²) in [6, 6.07) is 93.1. The van der Waals surface area contributed by atoms with Gasteiger partial charge in [-0.15, -0.1) is 0 Å². The summed E-state index contributed by atoms with van der Waals surface area (Å²) in [7, 11) is 0. The topological polar surface area (TPSA) is 16.3 Å². The minimum atomic E-state index is 0.291. The van der Waals surface area contributed by atoms with E-state index in [4.69, 9.17) is 0 Å². The predicted molar refractivity (Wildman–Crippen MR) is 326 cm³/mol. The molecule has 14 rings (SSSR count). The molecule has 0 radical (unpaired) electrons. The molecular weight excluding hydrogens is 933 g/mol. The second kappa shape index (κ2) is 19.6. The first-order valence-corrected chi connectivity index (χ1v) is 27.0. The van der Waals surface area contributed by atoms with E-state index in [1.54, 1.807) is 0 Å². The van der Waals surface area contributed by atoms with E-state index in [1.807, 2.05) is 0 Å². The molecule has 4 nitrogen and oxygen atoms in total. The fourth-order valence-electron chi connectivity index (χ4n) is 12.2. The Bertz CT molecular complexity index is 4230. The Morgan fingerprint density at radius 3 is 1.51 bits per heavy atom. The molecule has 0 bridgehead atoms. The van der Waals surface area contributed by atoms with Crippen molar-refractivity contribution < 1.29 is 0 Å². The molecule has 0 saturated heterocycles. The van der Waals surface area contributed by atoms with Crippen molar-refractivity contribution in [1.29, 1.82) is 0 Å². The summed E-state index contributed by atoms with van der Waals surface area (Å²) in [6.45, 7) is 2.41. The molecule has 10 aromatic carbocycles. The van der Waals surface area contributed by atoms with Crippen molar-refractivity contribution in [2.75, 3.05) is 9.80 Å². The van der Waals surface area contributed by atoms with Crippen molar-refractivity contribution in [2.45, 2.75) is 32.1 Å². The van der Waals surface area contributed by atoms with Gasteiger partial charge in [0.25, 0.3) is 0 Å². The number of nitrogens with zero attached hydrogens (tertiary/aromatic N) is 4. The SMILES string of the molecule is CC1CC(N(c2ccc(-c3ccc(N(c4cccc(-c5ccccc5)c4)c4ccc5c(c4)c4ccccc4n5-c4ccccc4)cc3)cc2)c2cccc(-c3ccccc3)c2)=Cc2c1n(C1=CC=CCC1)c1ccccc21. The molecule has 0 aliphatic heterocycles. The summed E-state index contributed by atoms with van der Waals surface area (Å²) in [5.74, 6) is 0.291. The van der Waals surface area contributed by atoms with Crippen LogP contribution in [0.15, 0.2) is 279 Å². The summed E-state index contributed by atoms with van der Waals surface area (Å²) in [6.07, 6.45) is 12.3. The number of rotatable bonds is 11. The van der Waals surface area contributed by atoms with E-state index in [2.05, 4.69) is 305 Å². The Morgan fingerprint density at radius 2 is 0.883 bits per heavy atom. The lowest BCUT2D eigenvalue weighted by molar-refractivity contribution is 0.690. The van der Waals surface area contributed by atoms with Crippen LogP contribution in [0.3, 0.4) is 0 Å². The van der Waals surface area contributed by atoms with Crippen molar-refractivity contribution in [3.05, 3.63) is 290 Å². The normalized spacial score (nSPS) is 14.1. The summed E-state index contributed by atoms with van der Waals surface area (Å²) < 4.78 is 4.95. The molecule has 2 heterocycles. The lowest BCUT2D eigenvalue weighted by atomic mass is 9.89. The zero-order chi connectivity index (χ0) is 51.2. The van der Waals surface area contributed by atoms with Crippen LogP contribution in [0.25, 0.3) is 83.5 Å². The Hall–Kier alpha value is -9.64. The maximum absolute atomic E-state index is 2.57. The zero-order valence-corrected chi connectivity index (χ0v) is 43.0. The largest absolute Gasteiger partial charge is 0.316 e. The number of benzene rings is 10.